The second kappa shape index (κ2) is 13.5. The van der Waals surface area contributed by atoms with Crippen LogP contribution >= 0.6 is 0 Å². The van der Waals surface area contributed by atoms with E-state index in [9.17, 15) is 5.11 Å². The van der Waals surface area contributed by atoms with E-state index in [-0.39, 0.29) is 6.61 Å². The summed E-state index contributed by atoms with van der Waals surface area (Å²) >= 11 is 0.755. The fourth-order valence-corrected chi connectivity index (χ4v) is 2.43. The van der Waals surface area contributed by atoms with Crippen LogP contribution in [0.3, 0.4) is 0 Å². The summed E-state index contributed by atoms with van der Waals surface area (Å²) in [4.78, 5) is 0. The van der Waals surface area contributed by atoms with Crippen LogP contribution in [0.2, 0.25) is 10.6 Å². The maximum Gasteiger partial charge on any atom is -0.0575 e. The van der Waals surface area contributed by atoms with Gasteiger partial charge in [0.25, 0.3) is 0 Å². The molecule has 84 valence electrons. The Morgan fingerprint density at radius 3 is 1.57 bits per heavy atom. The Morgan fingerprint density at radius 1 is 1.00 bits per heavy atom. The zero-order valence-electron chi connectivity index (χ0n) is 10.7. The van der Waals surface area contributed by atoms with Crippen LogP contribution < -0.4 is 5.11 Å². The van der Waals surface area contributed by atoms with Gasteiger partial charge in [-0.1, -0.05) is 19.8 Å². The third-order valence-electron chi connectivity index (χ3n) is 1.77. The summed E-state index contributed by atoms with van der Waals surface area (Å²) < 4.78 is 0. The van der Waals surface area contributed by atoms with Gasteiger partial charge in [-0.15, -0.1) is 6.61 Å². The van der Waals surface area contributed by atoms with Gasteiger partial charge in [0.2, 0.25) is 0 Å². The van der Waals surface area contributed by atoms with E-state index < -0.39 is 0 Å². The maximum atomic E-state index is 9.53. The van der Waals surface area contributed by atoms with Crippen molar-refractivity contribution in [3.63, 3.8) is 0 Å². The molecule has 0 aliphatic carbocycles. The Morgan fingerprint density at radius 2 is 1.43 bits per heavy atom. The minimum atomic E-state index is 0.0938. The smallest absolute Gasteiger partial charge is 0.0575 e. The zero-order valence-corrected chi connectivity index (χ0v) is 11.8. The minimum absolute atomic E-state index is 0.0938. The predicted molar refractivity (Wildman–Crippen MR) is 64.8 cm³/mol. The van der Waals surface area contributed by atoms with E-state index in [0.29, 0.717) is 0 Å². The van der Waals surface area contributed by atoms with Crippen molar-refractivity contribution in [3.8, 4) is 0 Å². The van der Waals surface area contributed by atoms with Gasteiger partial charge >= 0.3 is 65.3 Å². The average Bonchev–Trinajstić information content (AvgIpc) is 2.05. The Kier molecular flexibility index (Phi) is 16.3. The molecular formula is C12H27AlO. The molecule has 0 amide bonds. The van der Waals surface area contributed by atoms with Crippen molar-refractivity contribution in [3.05, 3.63) is 0 Å². The van der Waals surface area contributed by atoms with Crippen LogP contribution in [0, 0.1) is 11.8 Å². The molecule has 0 N–H and O–H groups in total. The zero-order chi connectivity index (χ0) is 11.4. The molecule has 14 heavy (non-hydrogen) atoms. The van der Waals surface area contributed by atoms with Crippen LogP contribution in [0.4, 0.5) is 0 Å². The molecule has 0 radical (unpaired) electrons. The summed E-state index contributed by atoms with van der Waals surface area (Å²) in [5, 5.41) is 12.5. The van der Waals surface area contributed by atoms with E-state index in [0.717, 1.165) is 39.9 Å². The number of hydrogen-bond acceptors (Lipinski definition) is 1. The van der Waals surface area contributed by atoms with Crippen molar-refractivity contribution < 1.29 is 5.11 Å². The van der Waals surface area contributed by atoms with Crippen LogP contribution in [-0.4, -0.2) is 21.8 Å². The molecule has 1 nitrogen and oxygen atoms in total. The molecule has 0 saturated carbocycles. The molecule has 0 heterocycles. The summed E-state index contributed by atoms with van der Waals surface area (Å²) in [6, 6.07) is 0. The molecule has 0 fully saturated rings. The molecule has 0 spiro atoms. The SMILES string of the molecule is CC(C)[CH2][Al+][CH2]C(C)C.CCCC[O-]. The van der Waals surface area contributed by atoms with Gasteiger partial charge in [-0.25, -0.2) is 0 Å². The van der Waals surface area contributed by atoms with Crippen molar-refractivity contribution in [2.75, 3.05) is 6.61 Å². The van der Waals surface area contributed by atoms with Crippen molar-refractivity contribution in [2.24, 2.45) is 11.8 Å². The second-order valence-electron chi connectivity index (χ2n) is 4.61. The van der Waals surface area contributed by atoms with Crippen molar-refractivity contribution in [2.45, 2.75) is 58.0 Å². The molecule has 2 heteroatoms. The standard InChI is InChI=1S/C4H9O.2C4H9.Al/c1-2-3-4-5;2*1-4(2)3;/h2-4H2,1H3;2*4H,1H2,2-3H3;/q-1;;;+1. The number of rotatable bonds is 6. The molecule has 0 aromatic carbocycles. The van der Waals surface area contributed by atoms with Crippen LogP contribution in [0.1, 0.15) is 47.5 Å². The summed E-state index contributed by atoms with van der Waals surface area (Å²) in [6.45, 7) is 11.4. The van der Waals surface area contributed by atoms with Gasteiger partial charge in [0.05, 0.1) is 0 Å². The first kappa shape index (κ1) is 16.9. The first-order valence-corrected chi connectivity index (χ1v) is 7.57. The molecule has 0 aromatic heterocycles. The summed E-state index contributed by atoms with van der Waals surface area (Å²) in [5.74, 6) is 1.86. The molecule has 0 aromatic rings. The Labute approximate surface area is 97.0 Å². The fraction of sp³-hybridized carbons (Fsp3) is 1.00. The van der Waals surface area contributed by atoms with Crippen LogP contribution in [0.5, 0.6) is 0 Å². The monoisotopic (exact) mass is 214 g/mol. The minimum Gasteiger partial charge on any atom is -0.854 e. The van der Waals surface area contributed by atoms with Gasteiger partial charge in [0, 0.05) is 0 Å². The van der Waals surface area contributed by atoms with Crippen molar-refractivity contribution >= 4 is 15.2 Å². The van der Waals surface area contributed by atoms with Crippen LogP contribution in [0.15, 0.2) is 0 Å². The van der Waals surface area contributed by atoms with Crippen LogP contribution in [0.25, 0.3) is 0 Å². The van der Waals surface area contributed by atoms with Crippen LogP contribution in [-0.2, 0) is 0 Å². The largest absolute Gasteiger partial charge is 0.854 e. The van der Waals surface area contributed by atoms with Gasteiger partial charge in [-0.2, -0.15) is 0 Å². The first-order chi connectivity index (χ1) is 6.54. The molecule has 0 saturated heterocycles. The molecule has 0 unspecified atom stereocenters. The maximum absolute atomic E-state index is 9.53. The van der Waals surface area contributed by atoms with E-state index >= 15 is 0 Å². The molecule has 0 atom stereocenters. The summed E-state index contributed by atoms with van der Waals surface area (Å²) in [7, 11) is 0. The molecular weight excluding hydrogens is 187 g/mol. The van der Waals surface area contributed by atoms with E-state index in [4.69, 9.17) is 0 Å². The average molecular weight is 214 g/mol. The van der Waals surface area contributed by atoms with Gasteiger partial charge in [-0.3, -0.25) is 0 Å². The third kappa shape index (κ3) is 22.9. The Hall–Kier alpha value is 0.492. The Balaban J connectivity index is 0. The quantitative estimate of drug-likeness (QED) is 0.623. The first-order valence-electron chi connectivity index (χ1n) is 5.94. The van der Waals surface area contributed by atoms with Gasteiger partial charge in [0.1, 0.15) is 0 Å². The second-order valence-corrected chi connectivity index (χ2v) is 6.13. The van der Waals surface area contributed by atoms with E-state index in [1.54, 1.807) is 0 Å². The summed E-state index contributed by atoms with van der Waals surface area (Å²) in [5.41, 5.74) is 0. The molecule has 0 rings (SSSR count). The van der Waals surface area contributed by atoms with E-state index in [1.807, 2.05) is 6.92 Å². The molecule has 0 aliphatic rings. The summed E-state index contributed by atoms with van der Waals surface area (Å²) in [6.07, 6.45) is 1.86. The fourth-order valence-electron chi connectivity index (χ4n) is 0.907. The van der Waals surface area contributed by atoms with E-state index in [1.165, 1.54) is 10.6 Å². The molecule has 0 aliphatic heterocycles. The van der Waals surface area contributed by atoms with E-state index in [2.05, 4.69) is 27.7 Å². The topological polar surface area (TPSA) is 23.1 Å². The van der Waals surface area contributed by atoms with Crippen molar-refractivity contribution in [1.82, 2.24) is 0 Å². The molecule has 0 bridgehead atoms. The number of hydrogen-bond donors (Lipinski definition) is 0. The third-order valence-corrected chi connectivity index (χ3v) is 4.33. The number of unbranched alkanes of at least 4 members (excludes halogenated alkanes) is 1. The normalized spacial score (nSPS) is 9.71. The van der Waals surface area contributed by atoms with Gasteiger partial charge < -0.3 is 5.11 Å². The van der Waals surface area contributed by atoms with Crippen molar-refractivity contribution in [1.29, 1.82) is 0 Å². The van der Waals surface area contributed by atoms with Gasteiger partial charge in [0.15, 0.2) is 0 Å². The van der Waals surface area contributed by atoms with Gasteiger partial charge in [-0.05, 0) is 0 Å². The Bertz CT molecular complexity index is 82.3. The predicted octanol–water partition coefficient (Wildman–Crippen LogP) is 2.99.